The van der Waals surface area contributed by atoms with Gasteiger partial charge in [-0.1, -0.05) is 42.5 Å². The lowest BCUT2D eigenvalue weighted by Gasteiger charge is -2.36. The van der Waals surface area contributed by atoms with Crippen molar-refractivity contribution < 1.29 is 4.79 Å². The molecule has 5 N–H and O–H groups in total. The fraction of sp³-hybridized carbons (Fsp3) is 0.304. The van der Waals surface area contributed by atoms with Crippen LogP contribution in [0.2, 0.25) is 0 Å². The zero-order chi connectivity index (χ0) is 20.2. The lowest BCUT2D eigenvalue weighted by molar-refractivity contribution is -0.136. The third-order valence-corrected chi connectivity index (χ3v) is 5.53. The Bertz CT molecular complexity index is 951. The maximum Gasteiger partial charge on any atom is 0.240 e. The van der Waals surface area contributed by atoms with Crippen LogP contribution in [0.15, 0.2) is 60.8 Å². The molecule has 1 aromatic heterocycles. The van der Waals surface area contributed by atoms with Crippen LogP contribution in [-0.2, 0) is 11.2 Å². The first kappa shape index (κ1) is 19.2. The van der Waals surface area contributed by atoms with E-state index in [1.807, 2.05) is 65.7 Å². The second kappa shape index (κ2) is 8.49. The second-order valence-corrected chi connectivity index (χ2v) is 7.64. The summed E-state index contributed by atoms with van der Waals surface area (Å²) in [7, 11) is 0. The number of amides is 1. The van der Waals surface area contributed by atoms with Crippen molar-refractivity contribution in [1.29, 1.82) is 0 Å². The van der Waals surface area contributed by atoms with Gasteiger partial charge in [-0.15, -0.1) is 0 Å². The minimum absolute atomic E-state index is 0.0239. The molecule has 150 valence electrons. The van der Waals surface area contributed by atoms with Gasteiger partial charge in [0.1, 0.15) is 5.82 Å². The van der Waals surface area contributed by atoms with E-state index in [0.717, 1.165) is 41.9 Å². The average molecular weight is 390 g/mol. The summed E-state index contributed by atoms with van der Waals surface area (Å²) >= 11 is 0. The largest absolute Gasteiger partial charge is 0.399 e. The molecule has 0 radical (unpaired) electrons. The summed E-state index contributed by atoms with van der Waals surface area (Å²) in [4.78, 5) is 23.1. The van der Waals surface area contributed by atoms with Gasteiger partial charge in [0.2, 0.25) is 5.91 Å². The Labute approximate surface area is 170 Å². The van der Waals surface area contributed by atoms with Crippen LogP contribution < -0.4 is 11.5 Å². The molecule has 1 aliphatic rings. The molecule has 1 amide bonds. The molecular formula is C23H27N5O. The number of anilines is 1. The minimum Gasteiger partial charge on any atom is -0.399 e. The van der Waals surface area contributed by atoms with Crippen LogP contribution in [0.4, 0.5) is 5.69 Å². The van der Waals surface area contributed by atoms with Crippen LogP contribution in [0.5, 0.6) is 0 Å². The zero-order valence-corrected chi connectivity index (χ0v) is 16.4. The molecule has 2 aromatic carbocycles. The van der Waals surface area contributed by atoms with Crippen LogP contribution in [0.1, 0.15) is 36.7 Å². The monoisotopic (exact) mass is 389 g/mol. The highest BCUT2D eigenvalue weighted by Crippen LogP contribution is 2.31. The highest BCUT2D eigenvalue weighted by molar-refractivity contribution is 5.82. The highest BCUT2D eigenvalue weighted by Gasteiger charge is 2.32. The van der Waals surface area contributed by atoms with E-state index in [4.69, 9.17) is 11.5 Å². The summed E-state index contributed by atoms with van der Waals surface area (Å²) < 4.78 is 0. The number of nitrogens with two attached hydrogens (primary N) is 2. The Morgan fingerprint density at radius 2 is 1.90 bits per heavy atom. The molecule has 3 aromatic rings. The lowest BCUT2D eigenvalue weighted by atomic mass is 9.98. The number of likely N-dealkylation sites (tertiary alicyclic amines) is 1. The van der Waals surface area contributed by atoms with Crippen LogP contribution in [0.3, 0.4) is 0 Å². The van der Waals surface area contributed by atoms with E-state index in [0.29, 0.717) is 18.7 Å². The van der Waals surface area contributed by atoms with E-state index in [9.17, 15) is 4.79 Å². The van der Waals surface area contributed by atoms with Crippen molar-refractivity contribution in [2.45, 2.75) is 37.8 Å². The summed E-state index contributed by atoms with van der Waals surface area (Å²) in [5, 5.41) is 0. The first-order chi connectivity index (χ1) is 14.1. The molecular weight excluding hydrogens is 362 g/mol. The molecule has 0 unspecified atom stereocenters. The molecule has 0 spiro atoms. The normalized spacial score (nSPS) is 17.8. The quantitative estimate of drug-likeness (QED) is 0.583. The van der Waals surface area contributed by atoms with Crippen LogP contribution in [-0.4, -0.2) is 33.4 Å². The summed E-state index contributed by atoms with van der Waals surface area (Å²) in [6.45, 7) is 0.709. The molecule has 1 aliphatic heterocycles. The predicted molar refractivity (Wildman–Crippen MR) is 115 cm³/mol. The summed E-state index contributed by atoms with van der Waals surface area (Å²) in [5.74, 6) is 0.806. The van der Waals surface area contributed by atoms with E-state index < -0.39 is 6.04 Å². The molecule has 4 rings (SSSR count). The predicted octanol–water partition coefficient (Wildman–Crippen LogP) is 3.28. The van der Waals surface area contributed by atoms with Gasteiger partial charge in [-0.3, -0.25) is 4.79 Å². The van der Waals surface area contributed by atoms with Gasteiger partial charge < -0.3 is 21.4 Å². The third kappa shape index (κ3) is 4.32. The van der Waals surface area contributed by atoms with Crippen molar-refractivity contribution >= 4 is 11.6 Å². The van der Waals surface area contributed by atoms with Crippen LogP contribution >= 0.6 is 0 Å². The van der Waals surface area contributed by atoms with E-state index in [-0.39, 0.29) is 11.9 Å². The molecule has 6 heteroatoms. The number of piperidine rings is 1. The van der Waals surface area contributed by atoms with Gasteiger partial charge in [-0.25, -0.2) is 4.98 Å². The SMILES string of the molecule is Nc1ccc(C[C@H](N)C(=O)N2CCCC[C@H]2c2ncc(-c3ccccc3)[nH]2)cc1. The maximum absolute atomic E-state index is 13.2. The number of carbonyl (C=O) groups excluding carboxylic acids is 1. The second-order valence-electron chi connectivity index (χ2n) is 7.64. The van der Waals surface area contributed by atoms with Gasteiger partial charge in [-0.2, -0.15) is 0 Å². The number of aromatic nitrogens is 2. The van der Waals surface area contributed by atoms with E-state index >= 15 is 0 Å². The number of aromatic amines is 1. The molecule has 2 heterocycles. The smallest absolute Gasteiger partial charge is 0.240 e. The number of hydrogen-bond donors (Lipinski definition) is 3. The molecule has 6 nitrogen and oxygen atoms in total. The molecule has 0 bridgehead atoms. The van der Waals surface area contributed by atoms with E-state index in [1.165, 1.54) is 0 Å². The molecule has 2 atom stereocenters. The van der Waals surface area contributed by atoms with Crippen molar-refractivity contribution in [2.75, 3.05) is 12.3 Å². The number of hydrogen-bond acceptors (Lipinski definition) is 4. The first-order valence-corrected chi connectivity index (χ1v) is 10.1. The van der Waals surface area contributed by atoms with Gasteiger partial charge in [0.05, 0.1) is 24.0 Å². The fourth-order valence-electron chi connectivity index (χ4n) is 3.96. The zero-order valence-electron chi connectivity index (χ0n) is 16.4. The Kier molecular flexibility index (Phi) is 5.62. The van der Waals surface area contributed by atoms with Crippen molar-refractivity contribution in [3.05, 3.63) is 72.2 Å². The van der Waals surface area contributed by atoms with Crippen LogP contribution in [0, 0.1) is 0 Å². The number of carbonyl (C=O) groups is 1. The molecule has 29 heavy (non-hydrogen) atoms. The highest BCUT2D eigenvalue weighted by atomic mass is 16.2. The number of nitrogen functional groups attached to an aromatic ring is 1. The Hall–Kier alpha value is -3.12. The van der Waals surface area contributed by atoms with Gasteiger partial charge in [0, 0.05) is 12.2 Å². The average Bonchev–Trinajstić information content (AvgIpc) is 3.25. The van der Waals surface area contributed by atoms with Crippen molar-refractivity contribution in [3.8, 4) is 11.3 Å². The fourth-order valence-corrected chi connectivity index (χ4v) is 3.96. The van der Waals surface area contributed by atoms with Crippen molar-refractivity contribution in [2.24, 2.45) is 5.73 Å². The van der Waals surface area contributed by atoms with Gasteiger partial charge in [-0.05, 0) is 48.9 Å². The minimum atomic E-state index is -0.581. The number of H-pyrrole nitrogens is 1. The van der Waals surface area contributed by atoms with Crippen LogP contribution in [0.25, 0.3) is 11.3 Å². The Morgan fingerprint density at radius 1 is 1.14 bits per heavy atom. The Morgan fingerprint density at radius 3 is 2.66 bits per heavy atom. The number of rotatable bonds is 5. The molecule has 1 fully saturated rings. The van der Waals surface area contributed by atoms with Crippen molar-refractivity contribution in [3.63, 3.8) is 0 Å². The number of nitrogens with zero attached hydrogens (tertiary/aromatic N) is 2. The molecule has 1 saturated heterocycles. The summed E-state index contributed by atoms with van der Waals surface area (Å²) in [6.07, 6.45) is 5.29. The summed E-state index contributed by atoms with van der Waals surface area (Å²) in [6, 6.07) is 17.0. The lowest BCUT2D eigenvalue weighted by Crippen LogP contribution is -2.48. The van der Waals surface area contributed by atoms with E-state index in [2.05, 4.69) is 9.97 Å². The number of nitrogens with one attached hydrogen (secondary N) is 1. The summed E-state index contributed by atoms with van der Waals surface area (Å²) in [5.41, 5.74) is 15.8. The van der Waals surface area contributed by atoms with Gasteiger partial charge >= 0.3 is 0 Å². The maximum atomic E-state index is 13.2. The van der Waals surface area contributed by atoms with E-state index in [1.54, 1.807) is 0 Å². The van der Waals surface area contributed by atoms with Crippen molar-refractivity contribution in [1.82, 2.24) is 14.9 Å². The number of imidazole rings is 1. The number of benzene rings is 2. The third-order valence-electron chi connectivity index (χ3n) is 5.53. The van der Waals surface area contributed by atoms with Gasteiger partial charge in [0.25, 0.3) is 0 Å². The topological polar surface area (TPSA) is 101 Å². The first-order valence-electron chi connectivity index (χ1n) is 10.1. The standard InChI is InChI=1S/C23H27N5O/c24-18-11-9-16(10-12-18)14-19(25)23(29)28-13-5-4-8-21(28)22-26-15-20(27-22)17-6-2-1-3-7-17/h1-3,6-7,9-12,15,19,21H,4-5,8,13-14,24-25H2,(H,26,27)/t19-,21-/m0/s1. The Balaban J connectivity index is 1.50. The van der Waals surface area contributed by atoms with Gasteiger partial charge in [0.15, 0.2) is 0 Å². The molecule has 0 saturated carbocycles. The molecule has 0 aliphatic carbocycles.